The van der Waals surface area contributed by atoms with Gasteiger partial charge >= 0.3 is 0 Å². The molecule has 0 rings (SSSR count). The van der Waals surface area contributed by atoms with Crippen LogP contribution in [0, 0.1) is 20.2 Å². The summed E-state index contributed by atoms with van der Waals surface area (Å²) >= 11 is 0. The van der Waals surface area contributed by atoms with E-state index in [0.29, 0.717) is 38.5 Å². The fraction of sp³-hybridized carbons (Fsp3) is 0.550. The highest BCUT2D eigenvalue weighted by Crippen LogP contribution is 2.12. The number of unbranched alkanes of at least 4 members (excludes halogenated alkanes) is 4. The van der Waals surface area contributed by atoms with E-state index in [1.54, 1.807) is 18.2 Å². The number of nitrogens with zero attached hydrogens (tertiary/aromatic N) is 2. The lowest BCUT2D eigenvalue weighted by molar-refractivity contribution is -0.428. The molecule has 0 aliphatic rings. The lowest BCUT2D eigenvalue weighted by Gasteiger charge is -1.99. The topological polar surface area (TPSA) is 103 Å². The van der Waals surface area contributed by atoms with Gasteiger partial charge in [-0.15, -0.1) is 0 Å². The number of carbonyl (C=O) groups excluding carboxylic acids is 1. The van der Waals surface area contributed by atoms with Gasteiger partial charge in [-0.25, -0.2) is 0 Å². The Labute approximate surface area is 160 Å². The first-order valence-corrected chi connectivity index (χ1v) is 9.34. The van der Waals surface area contributed by atoms with Crippen LogP contribution in [0.3, 0.4) is 0 Å². The first-order valence-electron chi connectivity index (χ1n) is 9.34. The summed E-state index contributed by atoms with van der Waals surface area (Å²) in [6.07, 6.45) is 18.6. The van der Waals surface area contributed by atoms with E-state index in [4.69, 9.17) is 0 Å². The number of hydrogen-bond donors (Lipinski definition) is 0. The number of nitro groups is 2. The molecule has 0 fully saturated rings. The summed E-state index contributed by atoms with van der Waals surface area (Å²) in [4.78, 5) is 31.2. The van der Waals surface area contributed by atoms with Crippen molar-refractivity contribution in [2.75, 3.05) is 0 Å². The lowest BCUT2D eigenvalue weighted by atomic mass is 10.1. The fourth-order valence-corrected chi connectivity index (χ4v) is 2.37. The van der Waals surface area contributed by atoms with E-state index in [1.165, 1.54) is 0 Å². The molecule has 0 heterocycles. The van der Waals surface area contributed by atoms with E-state index >= 15 is 0 Å². The van der Waals surface area contributed by atoms with Crippen LogP contribution < -0.4 is 0 Å². The van der Waals surface area contributed by atoms with Crippen molar-refractivity contribution in [2.45, 2.75) is 71.1 Å². The highest BCUT2D eigenvalue weighted by molar-refractivity contribution is 5.50. The second kappa shape index (κ2) is 16.9. The van der Waals surface area contributed by atoms with Gasteiger partial charge in [0, 0.05) is 12.8 Å². The Kier molecular flexibility index (Phi) is 15.3. The quantitative estimate of drug-likeness (QED) is 0.154. The van der Waals surface area contributed by atoms with Crippen molar-refractivity contribution in [3.63, 3.8) is 0 Å². The van der Waals surface area contributed by atoms with Gasteiger partial charge in [0.05, 0.1) is 16.3 Å². The maximum absolute atomic E-state index is 11.0. The zero-order valence-electron chi connectivity index (χ0n) is 16.0. The smallest absolute Gasteiger partial charge is 0.246 e. The SMILES string of the molecule is CC/C=C(\C/C=C\C/C=C\C/C=C(\CCCCCC[C]=O)[N+](=O)[O-])[N+](=O)[O-]. The molecule has 1 radical (unpaired) electrons. The Morgan fingerprint density at radius 3 is 2.11 bits per heavy atom. The van der Waals surface area contributed by atoms with Crippen LogP contribution in [-0.4, -0.2) is 16.1 Å². The molecule has 0 saturated heterocycles. The predicted octanol–water partition coefficient (Wildman–Crippen LogP) is 5.45. The molecule has 0 amide bonds. The Bertz CT molecular complexity index is 577. The van der Waals surface area contributed by atoms with Gasteiger partial charge in [0.25, 0.3) is 0 Å². The molecule has 0 saturated carbocycles. The van der Waals surface area contributed by atoms with Crippen molar-refractivity contribution in [3.8, 4) is 0 Å². The summed E-state index contributed by atoms with van der Waals surface area (Å²) < 4.78 is 0. The Morgan fingerprint density at radius 1 is 0.852 bits per heavy atom. The van der Waals surface area contributed by atoms with Gasteiger partial charge in [-0.1, -0.05) is 44.1 Å². The third-order valence-electron chi connectivity index (χ3n) is 3.79. The maximum Gasteiger partial charge on any atom is 0.246 e. The van der Waals surface area contributed by atoms with Crippen LogP contribution in [0.15, 0.2) is 47.9 Å². The molecule has 0 atom stereocenters. The minimum atomic E-state index is -0.367. The predicted molar refractivity (Wildman–Crippen MR) is 106 cm³/mol. The Hall–Kier alpha value is -2.57. The fourth-order valence-electron chi connectivity index (χ4n) is 2.37. The zero-order chi connectivity index (χ0) is 20.3. The summed E-state index contributed by atoms with van der Waals surface area (Å²) in [6, 6.07) is 0. The van der Waals surface area contributed by atoms with E-state index in [-0.39, 0.29) is 21.2 Å². The molecule has 7 heteroatoms. The van der Waals surface area contributed by atoms with E-state index in [1.807, 2.05) is 31.4 Å². The molecule has 0 aliphatic heterocycles. The maximum atomic E-state index is 11.0. The van der Waals surface area contributed by atoms with Crippen molar-refractivity contribution < 1.29 is 14.6 Å². The molecule has 0 aromatic rings. The molecule has 0 bridgehead atoms. The zero-order valence-corrected chi connectivity index (χ0v) is 16.0. The number of hydrogen-bond acceptors (Lipinski definition) is 5. The van der Waals surface area contributed by atoms with E-state index in [0.717, 1.165) is 25.7 Å². The van der Waals surface area contributed by atoms with Crippen molar-refractivity contribution >= 4 is 6.29 Å². The van der Waals surface area contributed by atoms with Crippen molar-refractivity contribution in [2.24, 2.45) is 0 Å². The summed E-state index contributed by atoms with van der Waals surface area (Å²) in [5.41, 5.74) is 0.415. The number of allylic oxidation sites excluding steroid dienone is 7. The van der Waals surface area contributed by atoms with Crippen LogP contribution >= 0.6 is 0 Å². The van der Waals surface area contributed by atoms with Crippen LogP contribution in [0.25, 0.3) is 0 Å². The van der Waals surface area contributed by atoms with Gasteiger partial charge in [0.2, 0.25) is 11.4 Å². The minimum Gasteiger partial charge on any atom is -0.291 e. The normalized spacial score (nSPS) is 12.8. The van der Waals surface area contributed by atoms with Crippen molar-refractivity contribution in [3.05, 3.63) is 68.1 Å². The third-order valence-corrected chi connectivity index (χ3v) is 3.79. The van der Waals surface area contributed by atoms with Crippen molar-refractivity contribution in [1.29, 1.82) is 0 Å². The molecule has 27 heavy (non-hydrogen) atoms. The van der Waals surface area contributed by atoms with Gasteiger partial charge in [-0.3, -0.25) is 25.0 Å². The second-order valence-corrected chi connectivity index (χ2v) is 5.99. The largest absolute Gasteiger partial charge is 0.291 e. The summed E-state index contributed by atoms with van der Waals surface area (Å²) in [5.74, 6) is 0. The monoisotopic (exact) mass is 377 g/mol. The van der Waals surface area contributed by atoms with Crippen LogP contribution in [0.4, 0.5) is 0 Å². The van der Waals surface area contributed by atoms with E-state index < -0.39 is 0 Å². The second-order valence-electron chi connectivity index (χ2n) is 5.99. The summed E-state index contributed by atoms with van der Waals surface area (Å²) in [6.45, 7) is 1.86. The summed E-state index contributed by atoms with van der Waals surface area (Å²) in [5, 5.41) is 21.8. The first-order chi connectivity index (χ1) is 13.0. The molecule has 0 N–H and O–H groups in total. The van der Waals surface area contributed by atoms with Gasteiger partial charge in [0.1, 0.15) is 0 Å². The molecule has 0 spiro atoms. The van der Waals surface area contributed by atoms with Crippen molar-refractivity contribution in [1.82, 2.24) is 0 Å². The summed E-state index contributed by atoms with van der Waals surface area (Å²) in [7, 11) is 0. The minimum absolute atomic E-state index is 0.195. The highest BCUT2D eigenvalue weighted by atomic mass is 16.6. The Balaban J connectivity index is 4.16. The molecular formula is C20H29N2O5. The van der Waals surface area contributed by atoms with Crippen LogP contribution in [0.5, 0.6) is 0 Å². The van der Waals surface area contributed by atoms with Gasteiger partial charge < -0.3 is 0 Å². The third kappa shape index (κ3) is 14.3. The van der Waals surface area contributed by atoms with Gasteiger partial charge in [-0.2, -0.15) is 0 Å². The average Bonchev–Trinajstić information content (AvgIpc) is 2.63. The molecule has 0 aromatic heterocycles. The lowest BCUT2D eigenvalue weighted by Crippen LogP contribution is -1.98. The highest BCUT2D eigenvalue weighted by Gasteiger charge is 2.08. The number of rotatable bonds is 16. The molecule has 0 unspecified atom stereocenters. The van der Waals surface area contributed by atoms with Crippen LogP contribution in [0.2, 0.25) is 0 Å². The Morgan fingerprint density at radius 2 is 1.48 bits per heavy atom. The molecule has 149 valence electrons. The molecular weight excluding hydrogens is 348 g/mol. The molecule has 7 nitrogen and oxygen atoms in total. The van der Waals surface area contributed by atoms with Gasteiger partial charge in [-0.05, 0) is 44.3 Å². The molecule has 0 aromatic carbocycles. The average molecular weight is 377 g/mol. The standard InChI is InChI=1S/C20H29N2O5/c1-2-14-19(21(24)25)15-10-6-3-4-7-11-16-20(22(26)27)17-12-8-5-9-13-18-23/h4,6-7,10,14,16H,2-3,5,8-9,11-13,15,17H2,1H3/b7-4-,10-6-,19-14+,20-16+. The van der Waals surface area contributed by atoms with Crippen LogP contribution in [0.1, 0.15) is 71.1 Å². The first kappa shape index (κ1) is 24.4. The van der Waals surface area contributed by atoms with E-state index in [9.17, 15) is 25.0 Å². The molecule has 0 aliphatic carbocycles. The van der Waals surface area contributed by atoms with E-state index in [2.05, 4.69) is 0 Å². The van der Waals surface area contributed by atoms with Gasteiger partial charge in [0.15, 0.2) is 6.29 Å². The van der Waals surface area contributed by atoms with Crippen LogP contribution in [-0.2, 0) is 4.79 Å².